The van der Waals surface area contributed by atoms with Gasteiger partial charge in [0.05, 0.1) is 7.11 Å². The number of ether oxygens (including phenoxy) is 1. The Kier molecular flexibility index (Phi) is 2.70. The molecule has 3 atom stereocenters. The van der Waals surface area contributed by atoms with E-state index in [9.17, 15) is 0 Å². The second kappa shape index (κ2) is 3.86. The molecule has 15 heavy (non-hydrogen) atoms. The molecule has 0 amide bonds. The minimum atomic E-state index is 0.463. The van der Waals surface area contributed by atoms with Crippen LogP contribution in [-0.4, -0.2) is 14.2 Å². The summed E-state index contributed by atoms with van der Waals surface area (Å²) in [7, 11) is 3.75. The molecule has 0 fully saturated rings. The lowest BCUT2D eigenvalue weighted by atomic mass is 9.95. The number of benzene rings is 1. The van der Waals surface area contributed by atoms with Crippen molar-refractivity contribution in [1.29, 1.82) is 0 Å². The molecule has 2 heteroatoms. The number of nitrogens with one attached hydrogen (secondary N) is 1. The summed E-state index contributed by atoms with van der Waals surface area (Å²) in [5.41, 5.74) is 2.86. The molecule has 1 N–H and O–H groups in total. The van der Waals surface area contributed by atoms with Crippen molar-refractivity contribution in [3.8, 4) is 5.75 Å². The zero-order chi connectivity index (χ0) is 11.0. The van der Waals surface area contributed by atoms with Gasteiger partial charge >= 0.3 is 0 Å². The number of methoxy groups -OCH3 is 1. The van der Waals surface area contributed by atoms with Crippen LogP contribution in [0.15, 0.2) is 18.2 Å². The third-order valence-electron chi connectivity index (χ3n) is 3.75. The van der Waals surface area contributed by atoms with E-state index >= 15 is 0 Å². The molecule has 2 rings (SSSR count). The van der Waals surface area contributed by atoms with Crippen LogP contribution in [0.25, 0.3) is 0 Å². The molecule has 0 radical (unpaired) electrons. The van der Waals surface area contributed by atoms with Crippen LogP contribution in [0.3, 0.4) is 0 Å². The minimum absolute atomic E-state index is 0.463. The van der Waals surface area contributed by atoms with E-state index in [4.69, 9.17) is 4.74 Å². The van der Waals surface area contributed by atoms with Crippen LogP contribution >= 0.6 is 0 Å². The number of hydrogen-bond donors (Lipinski definition) is 1. The van der Waals surface area contributed by atoms with Crippen molar-refractivity contribution in [2.24, 2.45) is 5.92 Å². The Hall–Kier alpha value is -1.02. The summed E-state index contributed by atoms with van der Waals surface area (Å²) < 4.78 is 5.27. The van der Waals surface area contributed by atoms with Crippen molar-refractivity contribution in [2.45, 2.75) is 25.8 Å². The summed E-state index contributed by atoms with van der Waals surface area (Å²) in [5, 5.41) is 3.40. The Morgan fingerprint density at radius 2 is 1.93 bits per heavy atom. The smallest absolute Gasteiger partial charge is 0.119 e. The molecule has 82 valence electrons. The summed E-state index contributed by atoms with van der Waals surface area (Å²) in [6, 6.07) is 6.88. The van der Waals surface area contributed by atoms with Crippen LogP contribution in [0.1, 0.15) is 36.9 Å². The fourth-order valence-corrected chi connectivity index (χ4v) is 2.64. The molecule has 2 nitrogen and oxygen atoms in total. The predicted molar refractivity (Wildman–Crippen MR) is 62.4 cm³/mol. The zero-order valence-electron chi connectivity index (χ0n) is 9.87. The van der Waals surface area contributed by atoms with Crippen molar-refractivity contribution in [3.63, 3.8) is 0 Å². The van der Waals surface area contributed by atoms with Gasteiger partial charge in [-0.15, -0.1) is 0 Å². The zero-order valence-corrected chi connectivity index (χ0v) is 9.87. The van der Waals surface area contributed by atoms with Crippen molar-refractivity contribution >= 4 is 0 Å². The van der Waals surface area contributed by atoms with E-state index in [1.54, 1.807) is 7.11 Å². The number of fused-ring (bicyclic) bond motifs is 1. The summed E-state index contributed by atoms with van der Waals surface area (Å²) in [6.07, 6.45) is 0. The van der Waals surface area contributed by atoms with Gasteiger partial charge in [0.1, 0.15) is 5.75 Å². The van der Waals surface area contributed by atoms with Gasteiger partial charge in [0.15, 0.2) is 0 Å². The fraction of sp³-hybridized carbons (Fsp3) is 0.538. The SMILES string of the molecule is CNC1c2cc(OC)ccc2C(C)C1C. The second-order valence-corrected chi connectivity index (χ2v) is 4.41. The monoisotopic (exact) mass is 205 g/mol. The lowest BCUT2D eigenvalue weighted by Gasteiger charge is -2.17. The molecule has 1 aliphatic carbocycles. The molecule has 0 bridgehead atoms. The molecule has 3 unspecified atom stereocenters. The summed E-state index contributed by atoms with van der Waals surface area (Å²) in [6.45, 7) is 4.60. The number of rotatable bonds is 2. The van der Waals surface area contributed by atoms with Gasteiger partial charge in [-0.05, 0) is 42.1 Å². The third kappa shape index (κ3) is 1.53. The molecule has 1 aromatic carbocycles. The van der Waals surface area contributed by atoms with Crippen LogP contribution in [0.5, 0.6) is 5.75 Å². The Morgan fingerprint density at radius 3 is 2.53 bits per heavy atom. The van der Waals surface area contributed by atoms with Crippen LogP contribution in [0.2, 0.25) is 0 Å². The summed E-state index contributed by atoms with van der Waals surface area (Å²) in [4.78, 5) is 0. The van der Waals surface area contributed by atoms with Gasteiger partial charge < -0.3 is 10.1 Å². The molecule has 1 aromatic rings. The Balaban J connectivity index is 2.46. The molecular formula is C13H19NO. The maximum Gasteiger partial charge on any atom is 0.119 e. The third-order valence-corrected chi connectivity index (χ3v) is 3.75. The molecule has 0 aliphatic heterocycles. The van der Waals surface area contributed by atoms with E-state index in [2.05, 4.69) is 37.4 Å². The minimum Gasteiger partial charge on any atom is -0.497 e. The summed E-state index contributed by atoms with van der Waals surface area (Å²) >= 11 is 0. The topological polar surface area (TPSA) is 21.3 Å². The lowest BCUT2D eigenvalue weighted by molar-refractivity contribution is 0.398. The van der Waals surface area contributed by atoms with Crippen LogP contribution in [0, 0.1) is 5.92 Å². The lowest BCUT2D eigenvalue weighted by Crippen LogP contribution is -2.20. The fourth-order valence-electron chi connectivity index (χ4n) is 2.64. The quantitative estimate of drug-likeness (QED) is 0.801. The van der Waals surface area contributed by atoms with Gasteiger partial charge in [-0.3, -0.25) is 0 Å². The molecule has 0 spiro atoms. The standard InChI is InChI=1S/C13H19NO/c1-8-9(2)13(14-3)12-7-10(15-4)5-6-11(8)12/h5-9,13-14H,1-4H3. The van der Waals surface area contributed by atoms with Crippen molar-refractivity contribution < 1.29 is 4.74 Å². The van der Waals surface area contributed by atoms with Crippen LogP contribution < -0.4 is 10.1 Å². The van der Waals surface area contributed by atoms with E-state index in [0.29, 0.717) is 17.9 Å². The van der Waals surface area contributed by atoms with Gasteiger partial charge in [0.25, 0.3) is 0 Å². The van der Waals surface area contributed by atoms with E-state index < -0.39 is 0 Å². The van der Waals surface area contributed by atoms with E-state index in [-0.39, 0.29) is 0 Å². The number of hydrogen-bond acceptors (Lipinski definition) is 2. The van der Waals surface area contributed by atoms with Gasteiger partial charge in [0, 0.05) is 6.04 Å². The average Bonchev–Trinajstić information content (AvgIpc) is 2.51. The molecule has 0 heterocycles. The van der Waals surface area contributed by atoms with Gasteiger partial charge in [-0.2, -0.15) is 0 Å². The summed E-state index contributed by atoms with van der Waals surface area (Å²) in [5.74, 6) is 2.23. The van der Waals surface area contributed by atoms with Crippen LogP contribution in [0.4, 0.5) is 0 Å². The van der Waals surface area contributed by atoms with Crippen molar-refractivity contribution in [2.75, 3.05) is 14.2 Å². The van der Waals surface area contributed by atoms with E-state index in [1.807, 2.05) is 7.05 Å². The molecule has 0 saturated heterocycles. The first kappa shape index (κ1) is 10.5. The predicted octanol–water partition coefficient (Wildman–Crippen LogP) is 2.71. The first-order valence-corrected chi connectivity index (χ1v) is 5.54. The first-order valence-electron chi connectivity index (χ1n) is 5.54. The molecule has 0 aromatic heterocycles. The maximum atomic E-state index is 5.27. The highest BCUT2D eigenvalue weighted by atomic mass is 16.5. The van der Waals surface area contributed by atoms with Crippen molar-refractivity contribution in [1.82, 2.24) is 5.32 Å². The first-order chi connectivity index (χ1) is 7.19. The van der Waals surface area contributed by atoms with E-state index in [0.717, 1.165) is 5.75 Å². The van der Waals surface area contributed by atoms with Gasteiger partial charge in [-0.1, -0.05) is 19.9 Å². The molecule has 0 saturated carbocycles. The maximum absolute atomic E-state index is 5.27. The highest BCUT2D eigenvalue weighted by Gasteiger charge is 2.34. The van der Waals surface area contributed by atoms with E-state index in [1.165, 1.54) is 11.1 Å². The largest absolute Gasteiger partial charge is 0.497 e. The Morgan fingerprint density at radius 1 is 1.20 bits per heavy atom. The van der Waals surface area contributed by atoms with Gasteiger partial charge in [0.2, 0.25) is 0 Å². The highest BCUT2D eigenvalue weighted by molar-refractivity contribution is 5.44. The Labute approximate surface area is 91.6 Å². The molecular weight excluding hydrogens is 186 g/mol. The van der Waals surface area contributed by atoms with Crippen LogP contribution in [-0.2, 0) is 0 Å². The van der Waals surface area contributed by atoms with Gasteiger partial charge in [-0.25, -0.2) is 0 Å². The second-order valence-electron chi connectivity index (χ2n) is 4.41. The molecule has 1 aliphatic rings. The highest BCUT2D eigenvalue weighted by Crippen LogP contribution is 2.45. The Bertz CT molecular complexity index is 362. The normalized spacial score (nSPS) is 28.9. The van der Waals surface area contributed by atoms with Crippen molar-refractivity contribution in [3.05, 3.63) is 29.3 Å². The average molecular weight is 205 g/mol.